The molecule has 2 unspecified atom stereocenters. The molecule has 1 N–H and O–H groups in total. The maximum atomic E-state index is 11.3. The Kier molecular flexibility index (Phi) is 4.53. The first-order valence-corrected chi connectivity index (χ1v) is 6.25. The lowest BCUT2D eigenvalue weighted by Crippen LogP contribution is -2.50. The van der Waals surface area contributed by atoms with Crippen LogP contribution in [0.3, 0.4) is 0 Å². The van der Waals surface area contributed by atoms with Gasteiger partial charge in [-0.2, -0.15) is 5.26 Å². The van der Waals surface area contributed by atoms with Gasteiger partial charge in [0.2, 0.25) is 0 Å². The monoisotopic (exact) mass is 238 g/mol. The van der Waals surface area contributed by atoms with Crippen molar-refractivity contribution in [3.63, 3.8) is 0 Å². The van der Waals surface area contributed by atoms with Gasteiger partial charge < -0.3 is 5.11 Å². The van der Waals surface area contributed by atoms with Crippen molar-refractivity contribution in [3.05, 3.63) is 0 Å². The molecule has 0 aliphatic carbocycles. The fourth-order valence-electron chi connectivity index (χ4n) is 2.40. The summed E-state index contributed by atoms with van der Waals surface area (Å²) in [6.07, 6.45) is 2.76. The predicted octanol–water partition coefficient (Wildman–Crippen LogP) is 2.11. The van der Waals surface area contributed by atoms with Crippen molar-refractivity contribution in [2.45, 2.75) is 46.1 Å². The molecule has 2 atom stereocenters. The van der Waals surface area contributed by atoms with E-state index in [2.05, 4.69) is 6.07 Å². The van der Waals surface area contributed by atoms with Gasteiger partial charge in [0.15, 0.2) is 0 Å². The molecule has 4 nitrogen and oxygen atoms in total. The van der Waals surface area contributed by atoms with Gasteiger partial charge in [-0.25, -0.2) is 0 Å². The summed E-state index contributed by atoms with van der Waals surface area (Å²) in [5.74, 6) is -0.529. The average molecular weight is 238 g/mol. The van der Waals surface area contributed by atoms with E-state index in [1.54, 1.807) is 0 Å². The van der Waals surface area contributed by atoms with Gasteiger partial charge in [0, 0.05) is 6.54 Å². The molecule has 0 aromatic carbocycles. The Labute approximate surface area is 103 Å². The lowest BCUT2D eigenvalue weighted by atomic mass is 9.87. The normalized spacial score (nSPS) is 26.5. The highest BCUT2D eigenvalue weighted by Crippen LogP contribution is 2.26. The van der Waals surface area contributed by atoms with E-state index < -0.39 is 5.97 Å². The number of rotatable bonds is 4. The number of carbonyl (C=O) groups is 1. The van der Waals surface area contributed by atoms with Crippen molar-refractivity contribution in [1.82, 2.24) is 4.90 Å². The first kappa shape index (κ1) is 14.0. The Bertz CT molecular complexity index is 320. The molecule has 1 rings (SSSR count). The average Bonchev–Trinajstić information content (AvgIpc) is 2.26. The van der Waals surface area contributed by atoms with E-state index in [4.69, 9.17) is 5.26 Å². The third-order valence-corrected chi connectivity index (χ3v) is 3.62. The Morgan fingerprint density at radius 1 is 1.59 bits per heavy atom. The zero-order valence-electron chi connectivity index (χ0n) is 10.9. The summed E-state index contributed by atoms with van der Waals surface area (Å²) in [6.45, 7) is 7.33. The Balaban J connectivity index is 2.62. The number of aliphatic carboxylic acids is 1. The quantitative estimate of drug-likeness (QED) is 0.814. The van der Waals surface area contributed by atoms with Crippen LogP contribution in [0.1, 0.15) is 40.0 Å². The molecule has 4 heteroatoms. The van der Waals surface area contributed by atoms with Crippen LogP contribution in [0.5, 0.6) is 0 Å². The first-order chi connectivity index (χ1) is 7.87. The van der Waals surface area contributed by atoms with E-state index >= 15 is 0 Å². The molecule has 1 saturated heterocycles. The summed E-state index contributed by atoms with van der Waals surface area (Å²) in [6, 6.07) is 1.89. The zero-order chi connectivity index (χ0) is 13.1. The standard InChI is InChI=1S/C13H22N2O2/c1-10-5-4-7-15(11(10)12(16)17)8-6-13(2,3)9-14/h10-11H,4-8H2,1-3H3,(H,16,17). The van der Waals surface area contributed by atoms with Crippen molar-refractivity contribution < 1.29 is 9.90 Å². The second-order valence-electron chi connectivity index (χ2n) is 5.68. The van der Waals surface area contributed by atoms with E-state index in [1.807, 2.05) is 25.7 Å². The number of carboxylic acid groups (broad SMARTS) is 1. The highest BCUT2D eigenvalue weighted by atomic mass is 16.4. The van der Waals surface area contributed by atoms with Gasteiger partial charge in [-0.05, 0) is 45.6 Å². The van der Waals surface area contributed by atoms with Gasteiger partial charge >= 0.3 is 5.97 Å². The van der Waals surface area contributed by atoms with Gasteiger partial charge in [0.25, 0.3) is 0 Å². The molecule has 0 aromatic rings. The highest BCUT2D eigenvalue weighted by Gasteiger charge is 2.34. The molecule has 0 aromatic heterocycles. The third kappa shape index (κ3) is 3.71. The van der Waals surface area contributed by atoms with Crippen LogP contribution >= 0.6 is 0 Å². The number of nitriles is 1. The van der Waals surface area contributed by atoms with Crippen molar-refractivity contribution in [1.29, 1.82) is 5.26 Å². The van der Waals surface area contributed by atoms with Crippen LogP contribution in [-0.4, -0.2) is 35.1 Å². The molecular formula is C13H22N2O2. The van der Waals surface area contributed by atoms with Crippen molar-refractivity contribution in [3.8, 4) is 6.07 Å². The molecule has 1 aliphatic heterocycles. The fraction of sp³-hybridized carbons (Fsp3) is 0.846. The van der Waals surface area contributed by atoms with E-state index in [0.717, 1.165) is 25.8 Å². The number of likely N-dealkylation sites (tertiary alicyclic amines) is 1. The molecule has 17 heavy (non-hydrogen) atoms. The summed E-state index contributed by atoms with van der Waals surface area (Å²) in [7, 11) is 0. The van der Waals surface area contributed by atoms with E-state index in [0.29, 0.717) is 6.54 Å². The number of hydrogen-bond acceptors (Lipinski definition) is 3. The fourth-order valence-corrected chi connectivity index (χ4v) is 2.40. The second-order valence-corrected chi connectivity index (χ2v) is 5.68. The minimum absolute atomic E-state index is 0.200. The van der Waals surface area contributed by atoms with Crippen molar-refractivity contribution >= 4 is 5.97 Å². The Hall–Kier alpha value is -1.08. The van der Waals surface area contributed by atoms with E-state index in [-0.39, 0.29) is 17.4 Å². The topological polar surface area (TPSA) is 64.3 Å². The lowest BCUT2D eigenvalue weighted by molar-refractivity contribution is -0.147. The van der Waals surface area contributed by atoms with Gasteiger partial charge in [0.05, 0.1) is 11.5 Å². The van der Waals surface area contributed by atoms with Gasteiger partial charge in [-0.1, -0.05) is 6.92 Å². The largest absolute Gasteiger partial charge is 0.480 e. The van der Waals surface area contributed by atoms with Crippen LogP contribution in [0.15, 0.2) is 0 Å². The van der Waals surface area contributed by atoms with Gasteiger partial charge in [-0.15, -0.1) is 0 Å². The highest BCUT2D eigenvalue weighted by molar-refractivity contribution is 5.74. The number of nitrogens with zero attached hydrogens (tertiary/aromatic N) is 2. The maximum Gasteiger partial charge on any atom is 0.321 e. The molecule has 1 aliphatic rings. The number of piperidine rings is 1. The van der Waals surface area contributed by atoms with E-state index in [9.17, 15) is 9.90 Å². The Morgan fingerprint density at radius 2 is 2.24 bits per heavy atom. The van der Waals surface area contributed by atoms with Crippen LogP contribution < -0.4 is 0 Å². The van der Waals surface area contributed by atoms with Crippen LogP contribution in [0.4, 0.5) is 0 Å². The smallest absolute Gasteiger partial charge is 0.321 e. The second kappa shape index (κ2) is 5.50. The van der Waals surface area contributed by atoms with Crippen LogP contribution in [0, 0.1) is 22.7 Å². The predicted molar refractivity (Wildman–Crippen MR) is 65.4 cm³/mol. The molecule has 0 bridgehead atoms. The van der Waals surface area contributed by atoms with Gasteiger partial charge in [-0.3, -0.25) is 9.69 Å². The molecule has 1 fully saturated rings. The molecule has 0 saturated carbocycles. The number of hydrogen-bond donors (Lipinski definition) is 1. The molecule has 0 amide bonds. The van der Waals surface area contributed by atoms with Gasteiger partial charge in [0.1, 0.15) is 6.04 Å². The Morgan fingerprint density at radius 3 is 2.76 bits per heavy atom. The first-order valence-electron chi connectivity index (χ1n) is 6.25. The SMILES string of the molecule is CC1CCCN(CCC(C)(C)C#N)C1C(=O)O. The van der Waals surface area contributed by atoms with Crippen molar-refractivity contribution in [2.75, 3.05) is 13.1 Å². The third-order valence-electron chi connectivity index (χ3n) is 3.62. The van der Waals surface area contributed by atoms with Crippen molar-refractivity contribution in [2.24, 2.45) is 11.3 Å². The molecule has 0 spiro atoms. The molecular weight excluding hydrogens is 216 g/mol. The summed E-state index contributed by atoms with van der Waals surface area (Å²) in [5.41, 5.74) is -0.371. The summed E-state index contributed by atoms with van der Waals surface area (Å²) >= 11 is 0. The summed E-state index contributed by atoms with van der Waals surface area (Å²) in [4.78, 5) is 13.3. The minimum atomic E-state index is -0.730. The lowest BCUT2D eigenvalue weighted by Gasteiger charge is -2.38. The molecule has 96 valence electrons. The zero-order valence-corrected chi connectivity index (χ0v) is 10.9. The maximum absolute atomic E-state index is 11.3. The van der Waals surface area contributed by atoms with Crippen LogP contribution in [0.25, 0.3) is 0 Å². The summed E-state index contributed by atoms with van der Waals surface area (Å²) in [5, 5.41) is 18.2. The number of carboxylic acids is 1. The van der Waals surface area contributed by atoms with E-state index in [1.165, 1.54) is 0 Å². The summed E-state index contributed by atoms with van der Waals surface area (Å²) < 4.78 is 0. The van der Waals surface area contributed by atoms with Crippen LogP contribution in [-0.2, 0) is 4.79 Å². The molecule has 0 radical (unpaired) electrons. The minimum Gasteiger partial charge on any atom is -0.480 e. The van der Waals surface area contributed by atoms with Crippen LogP contribution in [0.2, 0.25) is 0 Å². The molecule has 1 heterocycles.